The van der Waals surface area contributed by atoms with Gasteiger partial charge >= 0.3 is 0 Å². The lowest BCUT2D eigenvalue weighted by molar-refractivity contribution is -0.140. The normalized spacial score (nSPS) is 21.2. The van der Waals surface area contributed by atoms with Gasteiger partial charge in [-0.2, -0.15) is 5.10 Å². The zero-order valence-corrected chi connectivity index (χ0v) is 11.9. The summed E-state index contributed by atoms with van der Waals surface area (Å²) in [5.74, 6) is -0.0944. The van der Waals surface area contributed by atoms with Crippen LogP contribution >= 0.6 is 0 Å². The molecule has 0 radical (unpaired) electrons. The molecule has 1 aromatic rings. The van der Waals surface area contributed by atoms with Gasteiger partial charge < -0.3 is 10.6 Å². The first-order chi connectivity index (χ1) is 10.1. The number of hydrogen-bond donors (Lipinski definition) is 1. The van der Waals surface area contributed by atoms with Gasteiger partial charge in [0.2, 0.25) is 11.8 Å². The fourth-order valence-electron chi connectivity index (χ4n) is 2.99. The summed E-state index contributed by atoms with van der Waals surface area (Å²) in [4.78, 5) is 31.2. The third-order valence-electron chi connectivity index (χ3n) is 4.43. The summed E-state index contributed by atoms with van der Waals surface area (Å²) in [6.45, 7) is 3.55. The molecule has 0 aliphatic carbocycles. The number of likely N-dealkylation sites (tertiary alicyclic amines) is 2. The maximum Gasteiger partial charge on any atom is 0.244 e. The fraction of sp³-hybridized carbons (Fsp3) is 0.692. The molecule has 8 heteroatoms. The van der Waals surface area contributed by atoms with Crippen LogP contribution in [0.1, 0.15) is 12.8 Å². The number of primary amides is 1. The molecule has 0 unspecified atom stereocenters. The number of nitrogens with zero attached hydrogens (tertiary/aromatic N) is 5. The summed E-state index contributed by atoms with van der Waals surface area (Å²) < 4.78 is 1.54. The van der Waals surface area contributed by atoms with Crippen LogP contribution in [0.25, 0.3) is 0 Å². The molecule has 0 saturated carbocycles. The van der Waals surface area contributed by atoms with Crippen LogP contribution in [-0.4, -0.2) is 68.6 Å². The lowest BCUT2D eigenvalue weighted by Gasteiger charge is -2.47. The molecule has 2 aliphatic rings. The molecule has 2 amide bonds. The van der Waals surface area contributed by atoms with E-state index >= 15 is 0 Å². The summed E-state index contributed by atoms with van der Waals surface area (Å²) in [6, 6.07) is 0.415. The monoisotopic (exact) mass is 292 g/mol. The van der Waals surface area contributed by atoms with E-state index in [2.05, 4.69) is 15.0 Å². The number of rotatable bonds is 4. The topological polar surface area (TPSA) is 97.4 Å². The average molecular weight is 292 g/mol. The van der Waals surface area contributed by atoms with E-state index < -0.39 is 0 Å². The van der Waals surface area contributed by atoms with Gasteiger partial charge in [-0.05, 0) is 25.9 Å². The van der Waals surface area contributed by atoms with E-state index in [1.807, 2.05) is 4.90 Å². The van der Waals surface area contributed by atoms with Gasteiger partial charge in [0.15, 0.2) is 0 Å². The van der Waals surface area contributed by atoms with Gasteiger partial charge in [0.05, 0.1) is 0 Å². The van der Waals surface area contributed by atoms with Gasteiger partial charge in [-0.15, -0.1) is 0 Å². The molecule has 0 atom stereocenters. The van der Waals surface area contributed by atoms with Crippen molar-refractivity contribution < 1.29 is 9.59 Å². The van der Waals surface area contributed by atoms with Crippen molar-refractivity contribution in [2.75, 3.05) is 26.2 Å². The number of piperidine rings is 1. The van der Waals surface area contributed by atoms with Gasteiger partial charge in [-0.3, -0.25) is 14.5 Å². The van der Waals surface area contributed by atoms with Gasteiger partial charge in [0.1, 0.15) is 19.2 Å². The van der Waals surface area contributed by atoms with Crippen molar-refractivity contribution in [1.29, 1.82) is 0 Å². The number of aromatic nitrogens is 3. The Bertz CT molecular complexity index is 503. The highest BCUT2D eigenvalue weighted by Crippen LogP contribution is 2.23. The zero-order valence-electron chi connectivity index (χ0n) is 11.9. The highest BCUT2D eigenvalue weighted by molar-refractivity contribution is 5.77. The van der Waals surface area contributed by atoms with Crippen LogP contribution < -0.4 is 5.73 Å². The highest BCUT2D eigenvalue weighted by atomic mass is 16.2. The predicted octanol–water partition coefficient (Wildman–Crippen LogP) is -1.31. The van der Waals surface area contributed by atoms with Crippen LogP contribution in [0.3, 0.4) is 0 Å². The molecule has 1 aromatic heterocycles. The van der Waals surface area contributed by atoms with Crippen LogP contribution in [0, 0.1) is 5.92 Å². The maximum absolute atomic E-state index is 12.0. The molecule has 3 rings (SSSR count). The molecule has 2 N–H and O–H groups in total. The molecule has 114 valence electrons. The first kappa shape index (κ1) is 14.0. The van der Waals surface area contributed by atoms with Crippen molar-refractivity contribution in [2.45, 2.75) is 25.4 Å². The van der Waals surface area contributed by atoms with Crippen molar-refractivity contribution in [3.05, 3.63) is 12.7 Å². The second-order valence-electron chi connectivity index (χ2n) is 5.76. The molecule has 0 bridgehead atoms. The van der Waals surface area contributed by atoms with Gasteiger partial charge in [-0.1, -0.05) is 0 Å². The predicted molar refractivity (Wildman–Crippen MR) is 73.9 cm³/mol. The highest BCUT2D eigenvalue weighted by Gasteiger charge is 2.36. The Morgan fingerprint density at radius 1 is 1.24 bits per heavy atom. The summed E-state index contributed by atoms with van der Waals surface area (Å²) >= 11 is 0. The summed E-state index contributed by atoms with van der Waals surface area (Å²) in [5, 5.41) is 3.93. The Kier molecular flexibility index (Phi) is 3.87. The molecular formula is C13H20N6O2. The van der Waals surface area contributed by atoms with E-state index in [4.69, 9.17) is 5.73 Å². The number of nitrogens with two attached hydrogens (primary N) is 1. The standard InChI is InChI=1S/C13H20N6O2/c14-13(21)10-1-3-17(4-2-10)11-5-18(6-11)12(20)7-19-9-15-8-16-19/h8-11H,1-7H2,(H2,14,21). The van der Waals surface area contributed by atoms with Crippen LogP contribution in [-0.2, 0) is 16.1 Å². The molecular weight excluding hydrogens is 272 g/mol. The van der Waals surface area contributed by atoms with E-state index in [-0.39, 0.29) is 24.3 Å². The van der Waals surface area contributed by atoms with E-state index in [1.54, 1.807) is 6.33 Å². The lowest BCUT2D eigenvalue weighted by Crippen LogP contribution is -2.62. The first-order valence-corrected chi connectivity index (χ1v) is 7.27. The van der Waals surface area contributed by atoms with Crippen LogP contribution in [0.5, 0.6) is 0 Å². The van der Waals surface area contributed by atoms with Crippen molar-refractivity contribution >= 4 is 11.8 Å². The second kappa shape index (κ2) is 5.80. The van der Waals surface area contributed by atoms with Crippen molar-refractivity contribution in [1.82, 2.24) is 24.6 Å². The summed E-state index contributed by atoms with van der Waals surface area (Å²) in [7, 11) is 0. The molecule has 3 heterocycles. The van der Waals surface area contributed by atoms with Gasteiger partial charge in [-0.25, -0.2) is 9.67 Å². The molecule has 0 aromatic carbocycles. The van der Waals surface area contributed by atoms with E-state index in [0.29, 0.717) is 6.04 Å². The van der Waals surface area contributed by atoms with Gasteiger partial charge in [0.25, 0.3) is 0 Å². The van der Waals surface area contributed by atoms with Crippen LogP contribution in [0.15, 0.2) is 12.7 Å². The minimum atomic E-state index is -0.187. The number of carbonyl (C=O) groups excluding carboxylic acids is 2. The molecule has 2 fully saturated rings. The maximum atomic E-state index is 12.0. The van der Waals surface area contributed by atoms with E-state index in [0.717, 1.165) is 39.0 Å². The van der Waals surface area contributed by atoms with Crippen LogP contribution in [0.4, 0.5) is 0 Å². The summed E-state index contributed by atoms with van der Waals surface area (Å²) in [6.07, 6.45) is 4.64. The Hall–Kier alpha value is -1.96. The lowest BCUT2D eigenvalue weighted by atomic mass is 9.94. The van der Waals surface area contributed by atoms with Crippen LogP contribution in [0.2, 0.25) is 0 Å². The smallest absolute Gasteiger partial charge is 0.244 e. The largest absolute Gasteiger partial charge is 0.369 e. The second-order valence-corrected chi connectivity index (χ2v) is 5.76. The summed E-state index contributed by atoms with van der Waals surface area (Å²) in [5.41, 5.74) is 5.34. The molecule has 8 nitrogen and oxygen atoms in total. The van der Waals surface area contributed by atoms with E-state index in [9.17, 15) is 9.59 Å². The minimum absolute atomic E-state index is 0.0198. The Balaban J connectivity index is 1.42. The number of carbonyl (C=O) groups is 2. The Morgan fingerprint density at radius 3 is 2.52 bits per heavy atom. The molecule has 2 aliphatic heterocycles. The fourth-order valence-corrected chi connectivity index (χ4v) is 2.99. The number of hydrogen-bond acceptors (Lipinski definition) is 5. The third kappa shape index (κ3) is 3.05. The van der Waals surface area contributed by atoms with Crippen molar-refractivity contribution in [3.8, 4) is 0 Å². The SMILES string of the molecule is NC(=O)C1CCN(C2CN(C(=O)Cn3cncn3)C2)CC1. The third-order valence-corrected chi connectivity index (χ3v) is 4.43. The van der Waals surface area contributed by atoms with Gasteiger partial charge in [0, 0.05) is 25.0 Å². The zero-order chi connectivity index (χ0) is 14.8. The van der Waals surface area contributed by atoms with E-state index in [1.165, 1.54) is 11.0 Å². The molecule has 2 saturated heterocycles. The molecule has 21 heavy (non-hydrogen) atoms. The molecule has 0 spiro atoms. The van der Waals surface area contributed by atoms with Crippen molar-refractivity contribution in [3.63, 3.8) is 0 Å². The quantitative estimate of drug-likeness (QED) is 0.743. The Morgan fingerprint density at radius 2 is 1.95 bits per heavy atom. The average Bonchev–Trinajstić information content (AvgIpc) is 2.90. The first-order valence-electron chi connectivity index (χ1n) is 7.27. The Labute approximate surface area is 122 Å². The number of amides is 2. The minimum Gasteiger partial charge on any atom is -0.369 e. The van der Waals surface area contributed by atoms with Crippen molar-refractivity contribution in [2.24, 2.45) is 11.7 Å².